The quantitative estimate of drug-likeness (QED) is 0.446. The highest BCUT2D eigenvalue weighted by molar-refractivity contribution is 7.14. The van der Waals surface area contributed by atoms with Crippen LogP contribution in [-0.2, 0) is 28.8 Å². The van der Waals surface area contributed by atoms with Gasteiger partial charge in [0.1, 0.15) is 5.01 Å². The largest absolute Gasteiger partial charge is 0.457 e. The average molecular weight is 398 g/mol. The van der Waals surface area contributed by atoms with Gasteiger partial charge in [-0.05, 0) is 54.3 Å². The molecule has 1 aromatic carbocycles. The molecule has 2 heterocycles. The first kappa shape index (κ1) is 18.1. The van der Waals surface area contributed by atoms with Crippen LogP contribution in [0.5, 0.6) is 0 Å². The topological polar surface area (TPSA) is 56.3 Å². The number of fused-ring (bicyclic) bond motifs is 1. The molecule has 0 saturated carbocycles. The third-order valence-electron chi connectivity index (χ3n) is 4.68. The molecule has 1 aliphatic rings. The minimum absolute atomic E-state index is 0.0815. The number of benzene rings is 1. The fourth-order valence-electron chi connectivity index (χ4n) is 3.24. The number of carbonyl (C=O) groups excluding carboxylic acids is 2. The number of nitrogens with zero attached hydrogens (tertiary/aromatic N) is 1. The van der Waals surface area contributed by atoms with E-state index in [1.165, 1.54) is 35.3 Å². The second-order valence-corrected chi connectivity index (χ2v) is 8.25. The van der Waals surface area contributed by atoms with Crippen LogP contribution in [0.2, 0.25) is 0 Å². The Morgan fingerprint density at radius 1 is 1.07 bits per heavy atom. The summed E-state index contributed by atoms with van der Waals surface area (Å²) < 4.78 is 5.18. The predicted octanol–water partition coefficient (Wildman–Crippen LogP) is 4.72. The van der Waals surface area contributed by atoms with Crippen LogP contribution >= 0.6 is 22.7 Å². The van der Waals surface area contributed by atoms with Gasteiger partial charge in [0.05, 0.1) is 12.1 Å². The number of rotatable bonds is 6. The van der Waals surface area contributed by atoms with E-state index in [1.54, 1.807) is 11.3 Å². The number of ketones is 1. The molecule has 138 valence electrons. The molecule has 0 radical (unpaired) electrons. The van der Waals surface area contributed by atoms with Gasteiger partial charge in [0.25, 0.3) is 0 Å². The molecule has 0 amide bonds. The molecule has 4 nitrogen and oxygen atoms in total. The standard InChI is InChI=1S/C21H19NO3S2/c23-19(16-6-5-14-3-1-2-4-15(14)9-16)11-25-20(24)10-18-13-27-21(22-18)17-7-8-26-12-17/h5-9,12-13H,1-4,10-11H2. The van der Waals surface area contributed by atoms with Crippen LogP contribution in [0, 0.1) is 0 Å². The Morgan fingerprint density at radius 2 is 1.93 bits per heavy atom. The van der Waals surface area contributed by atoms with Crippen molar-refractivity contribution >= 4 is 34.4 Å². The molecule has 2 aromatic heterocycles. The number of carbonyl (C=O) groups is 2. The molecule has 3 aromatic rings. The number of aromatic nitrogens is 1. The van der Waals surface area contributed by atoms with Crippen LogP contribution in [-0.4, -0.2) is 23.3 Å². The molecule has 4 rings (SSSR count). The summed E-state index contributed by atoms with van der Waals surface area (Å²) in [6.45, 7) is -0.223. The van der Waals surface area contributed by atoms with E-state index in [-0.39, 0.29) is 18.8 Å². The summed E-state index contributed by atoms with van der Waals surface area (Å²) in [5.41, 5.74) is 4.94. The molecule has 0 aliphatic heterocycles. The number of hydrogen-bond acceptors (Lipinski definition) is 6. The highest BCUT2D eigenvalue weighted by atomic mass is 32.1. The molecule has 6 heteroatoms. The normalized spacial score (nSPS) is 13.2. The molecule has 27 heavy (non-hydrogen) atoms. The van der Waals surface area contributed by atoms with Gasteiger partial charge in [-0.25, -0.2) is 4.98 Å². The third kappa shape index (κ3) is 4.34. The van der Waals surface area contributed by atoms with Crippen molar-refractivity contribution in [3.63, 3.8) is 0 Å². The summed E-state index contributed by atoms with van der Waals surface area (Å²) in [5.74, 6) is -0.586. The fourth-order valence-corrected chi connectivity index (χ4v) is 4.77. The molecule has 0 bridgehead atoms. The number of aryl methyl sites for hydroxylation is 2. The molecule has 1 aliphatic carbocycles. The summed E-state index contributed by atoms with van der Waals surface area (Å²) in [6, 6.07) is 7.83. The second-order valence-electron chi connectivity index (χ2n) is 6.61. The molecule has 0 fully saturated rings. The number of thiophene rings is 1. The zero-order valence-corrected chi connectivity index (χ0v) is 16.4. The Labute approximate surface area is 165 Å². The fraction of sp³-hybridized carbons (Fsp3) is 0.286. The Balaban J connectivity index is 1.32. The summed E-state index contributed by atoms with van der Waals surface area (Å²) in [6.07, 6.45) is 4.56. The van der Waals surface area contributed by atoms with E-state index in [1.807, 2.05) is 40.4 Å². The van der Waals surface area contributed by atoms with Gasteiger partial charge in [-0.1, -0.05) is 12.1 Å². The number of esters is 1. The lowest BCUT2D eigenvalue weighted by Crippen LogP contribution is -2.16. The van der Waals surface area contributed by atoms with E-state index < -0.39 is 5.97 Å². The maximum Gasteiger partial charge on any atom is 0.312 e. The van der Waals surface area contributed by atoms with Crippen molar-refractivity contribution < 1.29 is 14.3 Å². The predicted molar refractivity (Wildman–Crippen MR) is 108 cm³/mol. The maximum absolute atomic E-state index is 12.4. The minimum atomic E-state index is -0.427. The summed E-state index contributed by atoms with van der Waals surface area (Å²) in [4.78, 5) is 28.9. The van der Waals surface area contributed by atoms with E-state index in [2.05, 4.69) is 4.98 Å². The number of thiazole rings is 1. The van der Waals surface area contributed by atoms with Gasteiger partial charge < -0.3 is 4.74 Å². The number of ether oxygens (including phenoxy) is 1. The minimum Gasteiger partial charge on any atom is -0.457 e. The lowest BCUT2D eigenvalue weighted by atomic mass is 9.90. The zero-order valence-electron chi connectivity index (χ0n) is 14.8. The Bertz CT molecular complexity index is 960. The first-order valence-corrected chi connectivity index (χ1v) is 10.8. The van der Waals surface area contributed by atoms with Crippen molar-refractivity contribution in [3.8, 4) is 10.6 Å². The smallest absolute Gasteiger partial charge is 0.312 e. The van der Waals surface area contributed by atoms with Gasteiger partial charge in [-0.15, -0.1) is 11.3 Å². The maximum atomic E-state index is 12.4. The van der Waals surface area contributed by atoms with Crippen molar-refractivity contribution in [2.75, 3.05) is 6.61 Å². The highest BCUT2D eigenvalue weighted by Gasteiger charge is 2.15. The van der Waals surface area contributed by atoms with Gasteiger partial charge in [-0.2, -0.15) is 11.3 Å². The van der Waals surface area contributed by atoms with E-state index in [0.717, 1.165) is 23.4 Å². The van der Waals surface area contributed by atoms with Gasteiger partial charge >= 0.3 is 5.97 Å². The average Bonchev–Trinajstić information content (AvgIpc) is 3.37. The van der Waals surface area contributed by atoms with E-state index in [9.17, 15) is 9.59 Å². The molecular formula is C21H19NO3S2. The molecule has 0 unspecified atom stereocenters. The van der Waals surface area contributed by atoms with Crippen LogP contribution in [0.3, 0.4) is 0 Å². The molecule has 0 spiro atoms. The zero-order chi connectivity index (χ0) is 18.6. The summed E-state index contributed by atoms with van der Waals surface area (Å²) in [7, 11) is 0. The van der Waals surface area contributed by atoms with Gasteiger partial charge in [0, 0.05) is 21.9 Å². The van der Waals surface area contributed by atoms with Gasteiger partial charge in [0.15, 0.2) is 12.4 Å². The van der Waals surface area contributed by atoms with Crippen LogP contribution in [0.1, 0.15) is 40.0 Å². The van der Waals surface area contributed by atoms with Crippen molar-refractivity contribution in [1.82, 2.24) is 4.98 Å². The second kappa shape index (κ2) is 8.15. The Morgan fingerprint density at radius 3 is 2.74 bits per heavy atom. The number of hydrogen-bond donors (Lipinski definition) is 0. The van der Waals surface area contributed by atoms with Gasteiger partial charge in [0.2, 0.25) is 0 Å². The Kier molecular flexibility index (Phi) is 5.45. The molecule has 0 atom stereocenters. The lowest BCUT2D eigenvalue weighted by Gasteiger charge is -2.16. The van der Waals surface area contributed by atoms with Crippen LogP contribution in [0.25, 0.3) is 10.6 Å². The monoisotopic (exact) mass is 397 g/mol. The lowest BCUT2D eigenvalue weighted by molar-refractivity contribution is -0.141. The van der Waals surface area contributed by atoms with E-state index in [4.69, 9.17) is 4.74 Å². The highest BCUT2D eigenvalue weighted by Crippen LogP contribution is 2.26. The first-order chi connectivity index (χ1) is 13.2. The number of Topliss-reactive ketones (excluding diaryl/α,β-unsaturated/α-hetero) is 1. The van der Waals surface area contributed by atoms with Crippen molar-refractivity contribution in [2.24, 2.45) is 0 Å². The SMILES string of the molecule is O=C(Cc1csc(-c2ccsc2)n1)OCC(=O)c1ccc2c(c1)CCCC2. The summed E-state index contributed by atoms with van der Waals surface area (Å²) >= 11 is 3.12. The van der Waals surface area contributed by atoms with E-state index >= 15 is 0 Å². The van der Waals surface area contributed by atoms with E-state index in [0.29, 0.717) is 11.3 Å². The van der Waals surface area contributed by atoms with Gasteiger partial charge in [-0.3, -0.25) is 9.59 Å². The first-order valence-electron chi connectivity index (χ1n) is 8.96. The molecule has 0 saturated heterocycles. The Hall–Kier alpha value is -2.31. The van der Waals surface area contributed by atoms with Crippen molar-refractivity contribution in [2.45, 2.75) is 32.1 Å². The van der Waals surface area contributed by atoms with Crippen LogP contribution in [0.15, 0.2) is 40.4 Å². The van der Waals surface area contributed by atoms with Crippen molar-refractivity contribution in [1.29, 1.82) is 0 Å². The summed E-state index contributed by atoms with van der Waals surface area (Å²) in [5, 5.41) is 6.78. The van der Waals surface area contributed by atoms with Crippen LogP contribution in [0.4, 0.5) is 0 Å². The molecule has 0 N–H and O–H groups in total. The molecular weight excluding hydrogens is 378 g/mol. The third-order valence-corrected chi connectivity index (χ3v) is 6.30. The van der Waals surface area contributed by atoms with Crippen molar-refractivity contribution in [3.05, 3.63) is 62.8 Å². The van der Waals surface area contributed by atoms with Crippen LogP contribution < -0.4 is 0 Å².